The van der Waals surface area contributed by atoms with Crippen molar-refractivity contribution in [2.75, 3.05) is 13.2 Å². The van der Waals surface area contributed by atoms with Crippen molar-refractivity contribution in [3.05, 3.63) is 51.1 Å². The zero-order chi connectivity index (χ0) is 18.3. The Morgan fingerprint density at radius 3 is 3.04 bits per heavy atom. The number of thiazole rings is 1. The molecule has 1 aliphatic rings. The van der Waals surface area contributed by atoms with Crippen LogP contribution in [0.4, 0.5) is 0 Å². The fraction of sp³-hybridized carbons (Fsp3) is 0.375. The van der Waals surface area contributed by atoms with Crippen LogP contribution < -0.4 is 5.56 Å². The molecule has 136 valence electrons. The fourth-order valence-corrected chi connectivity index (χ4v) is 3.73. The van der Waals surface area contributed by atoms with Crippen molar-refractivity contribution in [2.24, 2.45) is 0 Å². The second kappa shape index (κ2) is 6.63. The lowest BCUT2D eigenvalue weighted by Gasteiger charge is -2.19. The number of carbonyl (C=O) groups is 1. The Bertz CT molecular complexity index is 1020. The van der Waals surface area contributed by atoms with Crippen LogP contribution in [0, 0.1) is 0 Å². The third kappa shape index (κ3) is 2.81. The zero-order valence-electron chi connectivity index (χ0n) is 13.8. The van der Waals surface area contributed by atoms with Crippen molar-refractivity contribution in [3.63, 3.8) is 0 Å². The van der Waals surface area contributed by atoms with Gasteiger partial charge in [0.25, 0.3) is 11.5 Å². The molecule has 3 aromatic heterocycles. The summed E-state index contributed by atoms with van der Waals surface area (Å²) in [6.45, 7) is 0.946. The van der Waals surface area contributed by atoms with Crippen LogP contribution in [-0.2, 0) is 13.1 Å². The number of rotatable bonds is 3. The topological polar surface area (TPSA) is 113 Å². The van der Waals surface area contributed by atoms with Crippen LogP contribution in [-0.4, -0.2) is 53.3 Å². The predicted molar refractivity (Wildman–Crippen MR) is 93.0 cm³/mol. The number of amides is 1. The summed E-state index contributed by atoms with van der Waals surface area (Å²) in [7, 11) is 0. The van der Waals surface area contributed by atoms with E-state index >= 15 is 0 Å². The molecule has 0 radical (unpaired) electrons. The largest absolute Gasteiger partial charge is 0.393 e. The lowest BCUT2D eigenvalue weighted by Crippen LogP contribution is -2.35. The number of aryl methyl sites for hydroxylation is 1. The van der Waals surface area contributed by atoms with Crippen LogP contribution >= 0.6 is 11.3 Å². The summed E-state index contributed by atoms with van der Waals surface area (Å²) in [5, 5.41) is 24.9. The first-order valence-corrected chi connectivity index (χ1v) is 9.06. The molecule has 1 atom stereocenters. The monoisotopic (exact) mass is 375 g/mol. The Kier molecular flexibility index (Phi) is 4.31. The molecule has 2 N–H and O–H groups in total. The van der Waals surface area contributed by atoms with Gasteiger partial charge in [0.15, 0.2) is 4.96 Å². The summed E-state index contributed by atoms with van der Waals surface area (Å²) < 4.78 is 3.10. The first-order valence-electron chi connectivity index (χ1n) is 8.18. The molecule has 26 heavy (non-hydrogen) atoms. The number of nitrogens with zero attached hydrogens (tertiary/aromatic N) is 5. The Hall–Kier alpha value is -2.56. The average Bonchev–Trinajstić information content (AvgIpc) is 3.23. The number of aromatic nitrogens is 4. The first-order chi connectivity index (χ1) is 12.6. The van der Waals surface area contributed by atoms with Crippen LogP contribution in [0.25, 0.3) is 4.96 Å². The van der Waals surface area contributed by atoms with Crippen molar-refractivity contribution >= 4 is 22.2 Å². The molecule has 1 aliphatic heterocycles. The fourth-order valence-electron chi connectivity index (χ4n) is 3.06. The maximum atomic E-state index is 12.9. The molecule has 4 heterocycles. The van der Waals surface area contributed by atoms with E-state index in [4.69, 9.17) is 5.11 Å². The standard InChI is InChI=1S/C16H17N5O4S/c22-9-13(23)12-6-10-8-19(2-1-3-21(10)18-12)14(24)11-7-17-16-20(15(11)25)4-5-26-16/h4-7,13,22-23H,1-3,8-9H2/t13-/m1/s1. The highest BCUT2D eigenvalue weighted by Gasteiger charge is 2.25. The van der Waals surface area contributed by atoms with Gasteiger partial charge in [0.1, 0.15) is 11.7 Å². The van der Waals surface area contributed by atoms with Crippen molar-refractivity contribution in [2.45, 2.75) is 25.6 Å². The first kappa shape index (κ1) is 16.9. The quantitative estimate of drug-likeness (QED) is 0.668. The Labute approximate surface area is 151 Å². The molecule has 9 nitrogen and oxygen atoms in total. The summed E-state index contributed by atoms with van der Waals surface area (Å²) in [5.74, 6) is -0.373. The number of hydrogen-bond acceptors (Lipinski definition) is 7. The number of hydrogen-bond donors (Lipinski definition) is 2. The summed E-state index contributed by atoms with van der Waals surface area (Å²) in [6.07, 6.45) is 2.56. The van der Waals surface area contributed by atoms with Crippen LogP contribution in [0.5, 0.6) is 0 Å². The molecule has 10 heteroatoms. The van der Waals surface area contributed by atoms with Crippen molar-refractivity contribution < 1.29 is 15.0 Å². The molecule has 4 rings (SSSR count). The van der Waals surface area contributed by atoms with E-state index < -0.39 is 12.7 Å². The van der Waals surface area contributed by atoms with Gasteiger partial charge in [-0.2, -0.15) is 5.10 Å². The van der Waals surface area contributed by atoms with Gasteiger partial charge in [0.2, 0.25) is 0 Å². The van der Waals surface area contributed by atoms with Gasteiger partial charge in [-0.3, -0.25) is 18.7 Å². The molecule has 1 amide bonds. The molecule has 0 unspecified atom stereocenters. The van der Waals surface area contributed by atoms with Gasteiger partial charge in [-0.25, -0.2) is 4.98 Å². The summed E-state index contributed by atoms with van der Waals surface area (Å²) in [6, 6.07) is 1.68. The van der Waals surface area contributed by atoms with Gasteiger partial charge < -0.3 is 15.1 Å². The number of fused-ring (bicyclic) bond motifs is 2. The second-order valence-corrected chi connectivity index (χ2v) is 6.97. The van der Waals surface area contributed by atoms with Crippen LogP contribution in [0.15, 0.2) is 28.6 Å². The van der Waals surface area contributed by atoms with Gasteiger partial charge in [-0.1, -0.05) is 0 Å². The lowest BCUT2D eigenvalue weighted by atomic mass is 10.2. The zero-order valence-corrected chi connectivity index (χ0v) is 14.6. The van der Waals surface area contributed by atoms with E-state index in [1.807, 2.05) is 0 Å². The van der Waals surface area contributed by atoms with Crippen molar-refractivity contribution in [1.82, 2.24) is 24.1 Å². The predicted octanol–water partition coefficient (Wildman–Crippen LogP) is 0.0243. The SMILES string of the molecule is O=C(c1cnc2sccn2c1=O)N1CCCn2nc([C@H](O)CO)cc2C1. The lowest BCUT2D eigenvalue weighted by molar-refractivity contribution is 0.0743. The van der Waals surface area contributed by atoms with Gasteiger partial charge in [-0.15, -0.1) is 11.3 Å². The molecular formula is C16H17N5O4S. The summed E-state index contributed by atoms with van der Waals surface area (Å²) >= 11 is 1.33. The van der Waals surface area contributed by atoms with Crippen LogP contribution in [0.3, 0.4) is 0 Å². The van der Waals surface area contributed by atoms with E-state index in [-0.39, 0.29) is 23.6 Å². The van der Waals surface area contributed by atoms with Gasteiger partial charge in [0, 0.05) is 30.9 Å². The highest BCUT2D eigenvalue weighted by Crippen LogP contribution is 2.19. The maximum absolute atomic E-state index is 12.9. The van der Waals surface area contributed by atoms with E-state index in [0.717, 1.165) is 5.69 Å². The van der Waals surface area contributed by atoms with Crippen LogP contribution in [0.2, 0.25) is 0 Å². The molecule has 0 saturated carbocycles. The third-order valence-electron chi connectivity index (χ3n) is 4.41. The third-order valence-corrected chi connectivity index (χ3v) is 5.18. The second-order valence-electron chi connectivity index (χ2n) is 6.09. The molecule has 0 aromatic carbocycles. The summed E-state index contributed by atoms with van der Waals surface area (Å²) in [4.78, 5) is 31.8. The minimum atomic E-state index is -1.05. The average molecular weight is 375 g/mol. The molecule has 0 bridgehead atoms. The van der Waals surface area contributed by atoms with Crippen LogP contribution in [0.1, 0.15) is 34.3 Å². The Balaban J connectivity index is 1.64. The number of carbonyl (C=O) groups excluding carboxylic acids is 1. The smallest absolute Gasteiger partial charge is 0.271 e. The summed E-state index contributed by atoms with van der Waals surface area (Å²) in [5.41, 5.74) is 0.779. The molecular weight excluding hydrogens is 358 g/mol. The van der Waals surface area contributed by atoms with Crippen molar-refractivity contribution in [3.8, 4) is 0 Å². The maximum Gasteiger partial charge on any atom is 0.271 e. The molecule has 0 aliphatic carbocycles. The Morgan fingerprint density at radius 1 is 1.38 bits per heavy atom. The Morgan fingerprint density at radius 2 is 2.23 bits per heavy atom. The molecule has 0 saturated heterocycles. The highest BCUT2D eigenvalue weighted by atomic mass is 32.1. The van der Waals surface area contributed by atoms with E-state index in [1.165, 1.54) is 21.9 Å². The van der Waals surface area contributed by atoms with Gasteiger partial charge >= 0.3 is 0 Å². The van der Waals surface area contributed by atoms with E-state index in [2.05, 4.69) is 10.1 Å². The minimum absolute atomic E-state index is 0.0319. The number of aliphatic hydroxyl groups excluding tert-OH is 2. The van der Waals surface area contributed by atoms with E-state index in [0.29, 0.717) is 30.2 Å². The van der Waals surface area contributed by atoms with Gasteiger partial charge in [0.05, 0.1) is 24.5 Å². The molecule has 3 aromatic rings. The minimum Gasteiger partial charge on any atom is -0.393 e. The van der Waals surface area contributed by atoms with E-state index in [9.17, 15) is 14.7 Å². The van der Waals surface area contributed by atoms with Crippen molar-refractivity contribution in [1.29, 1.82) is 0 Å². The van der Waals surface area contributed by atoms with Gasteiger partial charge in [-0.05, 0) is 12.5 Å². The number of aliphatic hydroxyl groups is 2. The molecule has 0 fully saturated rings. The molecule has 0 spiro atoms. The van der Waals surface area contributed by atoms with E-state index in [1.54, 1.807) is 27.2 Å². The normalized spacial score (nSPS) is 15.7. The highest BCUT2D eigenvalue weighted by molar-refractivity contribution is 7.15.